The molecule has 0 aromatic heterocycles. The molecule has 5 aromatic carbocycles. The number of anilines is 1. The van der Waals surface area contributed by atoms with Crippen molar-refractivity contribution in [1.29, 1.82) is 0 Å². The molecule has 5 aromatic rings. The van der Waals surface area contributed by atoms with Crippen LogP contribution in [-0.2, 0) is 0 Å². The van der Waals surface area contributed by atoms with E-state index in [4.69, 9.17) is 10.8 Å². The summed E-state index contributed by atoms with van der Waals surface area (Å²) in [6.07, 6.45) is 0. The van der Waals surface area contributed by atoms with Gasteiger partial charge >= 0.3 is 5.97 Å². The van der Waals surface area contributed by atoms with Crippen molar-refractivity contribution >= 4 is 56.0 Å². The Labute approximate surface area is 194 Å². The molecule has 0 bridgehead atoms. The average Bonchev–Trinajstić information content (AvgIpc) is 2.88. The second kappa shape index (κ2) is 8.91. The standard InChI is InChI=1S/C27H19N5O2/c28-23-13-14-24(20-6-2-1-5-19(20)23)31-32-26-16-15-25(21-7-3-4-8-22(21)26)30-29-18-11-9-17(10-12-18)27(33)34/h1-16H,28H2,(H,33,34). The Balaban J connectivity index is 1.50. The number of nitrogen functional groups attached to an aromatic ring is 1. The summed E-state index contributed by atoms with van der Waals surface area (Å²) in [6, 6.07) is 29.2. The molecule has 164 valence electrons. The number of hydrogen-bond donors (Lipinski definition) is 2. The van der Waals surface area contributed by atoms with Crippen LogP contribution in [0.2, 0.25) is 0 Å². The van der Waals surface area contributed by atoms with Crippen molar-refractivity contribution in [2.75, 3.05) is 5.73 Å². The number of aromatic carboxylic acids is 1. The molecule has 0 atom stereocenters. The Morgan fingerprint density at radius 2 is 1.00 bits per heavy atom. The van der Waals surface area contributed by atoms with Crippen molar-refractivity contribution in [3.8, 4) is 0 Å². The topological polar surface area (TPSA) is 113 Å². The number of azo groups is 2. The zero-order valence-electron chi connectivity index (χ0n) is 18.0. The molecule has 34 heavy (non-hydrogen) atoms. The Bertz CT molecular complexity index is 1590. The van der Waals surface area contributed by atoms with Crippen LogP contribution in [0.25, 0.3) is 21.5 Å². The molecule has 0 saturated carbocycles. The maximum Gasteiger partial charge on any atom is 0.335 e. The zero-order chi connectivity index (χ0) is 23.5. The predicted molar refractivity (Wildman–Crippen MR) is 134 cm³/mol. The van der Waals surface area contributed by atoms with Crippen molar-refractivity contribution in [2.24, 2.45) is 20.5 Å². The number of carboxylic acid groups (broad SMARTS) is 1. The lowest BCUT2D eigenvalue weighted by Crippen LogP contribution is -1.93. The highest BCUT2D eigenvalue weighted by Gasteiger charge is 2.07. The Kier molecular flexibility index (Phi) is 5.50. The van der Waals surface area contributed by atoms with Crippen molar-refractivity contribution in [3.05, 3.63) is 103 Å². The summed E-state index contributed by atoms with van der Waals surface area (Å²) < 4.78 is 0. The molecule has 0 aliphatic carbocycles. The number of hydrogen-bond acceptors (Lipinski definition) is 6. The van der Waals surface area contributed by atoms with Gasteiger partial charge in [0.2, 0.25) is 0 Å². The van der Waals surface area contributed by atoms with Crippen molar-refractivity contribution < 1.29 is 9.90 Å². The van der Waals surface area contributed by atoms with Crippen molar-refractivity contribution in [2.45, 2.75) is 0 Å². The van der Waals surface area contributed by atoms with E-state index in [1.807, 2.05) is 72.8 Å². The first-order valence-electron chi connectivity index (χ1n) is 10.6. The van der Waals surface area contributed by atoms with Crippen LogP contribution in [0.3, 0.4) is 0 Å². The van der Waals surface area contributed by atoms with Crippen LogP contribution in [0.4, 0.5) is 28.4 Å². The average molecular weight is 445 g/mol. The number of carboxylic acids is 1. The molecule has 0 aliphatic rings. The lowest BCUT2D eigenvalue weighted by Gasteiger charge is -2.06. The van der Waals surface area contributed by atoms with E-state index in [-0.39, 0.29) is 5.56 Å². The summed E-state index contributed by atoms with van der Waals surface area (Å²) in [6.45, 7) is 0. The summed E-state index contributed by atoms with van der Waals surface area (Å²) in [5.74, 6) is -0.980. The Morgan fingerprint density at radius 1 is 0.559 bits per heavy atom. The summed E-state index contributed by atoms with van der Waals surface area (Å²) in [5.41, 5.74) is 9.69. The van der Waals surface area contributed by atoms with Gasteiger partial charge in [0.15, 0.2) is 0 Å². The SMILES string of the molecule is Nc1ccc(N=Nc2ccc(N=Nc3ccc(C(=O)O)cc3)c3ccccc23)c2ccccc12. The van der Waals surface area contributed by atoms with Gasteiger partial charge in [0, 0.05) is 27.2 Å². The van der Waals surface area contributed by atoms with Crippen LogP contribution >= 0.6 is 0 Å². The number of rotatable bonds is 5. The van der Waals surface area contributed by atoms with Crippen LogP contribution in [0.1, 0.15) is 10.4 Å². The zero-order valence-corrected chi connectivity index (χ0v) is 18.0. The summed E-state index contributed by atoms with van der Waals surface area (Å²) in [7, 11) is 0. The van der Waals surface area contributed by atoms with Gasteiger partial charge in [-0.15, -0.1) is 15.3 Å². The lowest BCUT2D eigenvalue weighted by atomic mass is 10.1. The molecule has 0 spiro atoms. The molecular weight excluding hydrogens is 426 g/mol. The fraction of sp³-hybridized carbons (Fsp3) is 0. The number of benzene rings is 5. The van der Waals surface area contributed by atoms with Crippen LogP contribution in [0, 0.1) is 0 Å². The second-order valence-corrected chi connectivity index (χ2v) is 7.62. The first-order valence-corrected chi connectivity index (χ1v) is 10.6. The Morgan fingerprint density at radius 3 is 1.53 bits per heavy atom. The van der Waals surface area contributed by atoms with Gasteiger partial charge in [0.1, 0.15) is 0 Å². The maximum absolute atomic E-state index is 11.0. The summed E-state index contributed by atoms with van der Waals surface area (Å²) >= 11 is 0. The number of nitrogens with zero attached hydrogens (tertiary/aromatic N) is 4. The van der Waals surface area contributed by atoms with Crippen molar-refractivity contribution in [3.63, 3.8) is 0 Å². The van der Waals surface area contributed by atoms with Crippen LogP contribution < -0.4 is 5.73 Å². The molecule has 3 N–H and O–H groups in total. The number of fused-ring (bicyclic) bond motifs is 2. The smallest absolute Gasteiger partial charge is 0.335 e. The minimum atomic E-state index is -0.980. The minimum absolute atomic E-state index is 0.202. The van der Waals surface area contributed by atoms with E-state index >= 15 is 0 Å². The van der Waals surface area contributed by atoms with Gasteiger partial charge in [-0.1, -0.05) is 48.5 Å². The van der Waals surface area contributed by atoms with Crippen LogP contribution in [-0.4, -0.2) is 11.1 Å². The molecule has 5 rings (SSSR count). The quantitative estimate of drug-likeness (QED) is 0.210. The van der Waals surface area contributed by atoms with Gasteiger partial charge in [0.25, 0.3) is 0 Å². The molecular formula is C27H19N5O2. The van der Waals surface area contributed by atoms with Gasteiger partial charge in [-0.05, 0) is 48.5 Å². The third kappa shape index (κ3) is 4.10. The summed E-state index contributed by atoms with van der Waals surface area (Å²) in [5, 5.41) is 30.4. The highest BCUT2D eigenvalue weighted by Crippen LogP contribution is 2.36. The molecule has 0 unspecified atom stereocenters. The molecule has 7 nitrogen and oxygen atoms in total. The fourth-order valence-electron chi connectivity index (χ4n) is 3.73. The monoisotopic (exact) mass is 445 g/mol. The predicted octanol–water partition coefficient (Wildman–Crippen LogP) is 8.10. The van der Waals surface area contributed by atoms with Crippen LogP contribution in [0.15, 0.2) is 118 Å². The normalized spacial score (nSPS) is 11.6. The van der Waals surface area contributed by atoms with Crippen molar-refractivity contribution in [1.82, 2.24) is 0 Å². The van der Waals surface area contributed by atoms with E-state index < -0.39 is 5.97 Å². The number of carbonyl (C=O) groups is 1. The maximum atomic E-state index is 11.0. The third-order valence-electron chi connectivity index (χ3n) is 5.47. The first kappa shape index (κ1) is 21.0. The molecule has 7 heteroatoms. The van der Waals surface area contributed by atoms with Gasteiger partial charge in [0.05, 0.1) is 28.3 Å². The first-order chi connectivity index (χ1) is 16.6. The molecule has 0 aliphatic heterocycles. The van der Waals surface area contributed by atoms with E-state index in [9.17, 15) is 4.79 Å². The van der Waals surface area contributed by atoms with Gasteiger partial charge in [-0.25, -0.2) is 4.79 Å². The molecule has 0 amide bonds. The molecule has 0 radical (unpaired) electrons. The Hall–Kier alpha value is -4.91. The highest BCUT2D eigenvalue weighted by atomic mass is 16.4. The van der Waals surface area contributed by atoms with E-state index in [1.54, 1.807) is 12.1 Å². The minimum Gasteiger partial charge on any atom is -0.478 e. The fourth-order valence-corrected chi connectivity index (χ4v) is 3.73. The molecule has 0 fully saturated rings. The summed E-state index contributed by atoms with van der Waals surface area (Å²) in [4.78, 5) is 11.0. The van der Waals surface area contributed by atoms with Gasteiger partial charge in [-0.3, -0.25) is 0 Å². The van der Waals surface area contributed by atoms with E-state index in [2.05, 4.69) is 20.5 Å². The van der Waals surface area contributed by atoms with E-state index in [0.717, 1.165) is 27.2 Å². The van der Waals surface area contributed by atoms with E-state index in [1.165, 1.54) is 12.1 Å². The lowest BCUT2D eigenvalue weighted by molar-refractivity contribution is 0.0697. The van der Waals surface area contributed by atoms with Gasteiger partial charge in [-0.2, -0.15) is 5.11 Å². The molecule has 0 heterocycles. The third-order valence-corrected chi connectivity index (χ3v) is 5.47. The molecule has 0 saturated heterocycles. The second-order valence-electron chi connectivity index (χ2n) is 7.62. The largest absolute Gasteiger partial charge is 0.478 e. The highest BCUT2D eigenvalue weighted by molar-refractivity contribution is 6.01. The van der Waals surface area contributed by atoms with Crippen LogP contribution in [0.5, 0.6) is 0 Å². The number of nitrogens with two attached hydrogens (primary N) is 1. The van der Waals surface area contributed by atoms with E-state index in [0.29, 0.717) is 22.7 Å². The van der Waals surface area contributed by atoms with Gasteiger partial charge < -0.3 is 10.8 Å².